The van der Waals surface area contributed by atoms with Gasteiger partial charge >= 0.3 is 5.97 Å². The number of carbonyl (C=O) groups excluding carboxylic acids is 1. The molecule has 0 unspecified atom stereocenters. The highest BCUT2D eigenvalue weighted by molar-refractivity contribution is 5.84. The van der Waals surface area contributed by atoms with Gasteiger partial charge in [0.1, 0.15) is 6.04 Å². The highest BCUT2D eigenvalue weighted by Gasteiger charge is 2.22. The number of hydrogen-bond acceptors (Lipinski definition) is 2. The number of unbranched alkanes of at least 4 members (excludes halogenated alkanes) is 1. The summed E-state index contributed by atoms with van der Waals surface area (Å²) in [6, 6.07) is -0.747. The van der Waals surface area contributed by atoms with Gasteiger partial charge in [-0.1, -0.05) is 33.6 Å². The molecule has 0 saturated heterocycles. The minimum Gasteiger partial charge on any atom is -0.480 e. The molecular weight excluding hydrogens is 206 g/mol. The summed E-state index contributed by atoms with van der Waals surface area (Å²) in [4.78, 5) is 22.6. The predicted molar refractivity (Wildman–Crippen MR) is 63.2 cm³/mol. The molecule has 0 rings (SSSR count). The third kappa shape index (κ3) is 5.14. The van der Waals surface area contributed by atoms with E-state index in [1.165, 1.54) is 0 Å². The predicted octanol–water partition coefficient (Wildman–Crippen LogP) is 2.18. The second kappa shape index (κ2) is 8.13. The van der Waals surface area contributed by atoms with Crippen LogP contribution in [0.25, 0.3) is 0 Å². The van der Waals surface area contributed by atoms with Crippen molar-refractivity contribution in [3.8, 4) is 0 Å². The fourth-order valence-corrected chi connectivity index (χ4v) is 1.60. The lowest BCUT2D eigenvalue weighted by molar-refractivity contribution is -0.142. The van der Waals surface area contributed by atoms with Crippen molar-refractivity contribution in [1.29, 1.82) is 0 Å². The standard InChI is InChI=1S/C12H23NO3/c1-4-7-8-9(5-2)11(14)13-10(6-3)12(15)16/h9-10H,4-8H2,1-3H3,(H,13,14)(H,15,16)/t9-,10+/m1/s1. The minimum atomic E-state index is -0.957. The molecule has 2 atom stereocenters. The van der Waals surface area contributed by atoms with Crippen LogP contribution in [-0.2, 0) is 9.59 Å². The third-order valence-corrected chi connectivity index (χ3v) is 2.79. The van der Waals surface area contributed by atoms with Crippen molar-refractivity contribution in [2.45, 2.75) is 58.9 Å². The lowest BCUT2D eigenvalue weighted by Gasteiger charge is -2.18. The van der Waals surface area contributed by atoms with Gasteiger partial charge in [-0.05, 0) is 19.3 Å². The van der Waals surface area contributed by atoms with E-state index in [1.807, 2.05) is 6.92 Å². The van der Waals surface area contributed by atoms with Crippen molar-refractivity contribution >= 4 is 11.9 Å². The van der Waals surface area contributed by atoms with Crippen LogP contribution in [0.4, 0.5) is 0 Å². The summed E-state index contributed by atoms with van der Waals surface area (Å²) in [6.07, 6.45) is 4.10. The van der Waals surface area contributed by atoms with Crippen LogP contribution in [0.3, 0.4) is 0 Å². The van der Waals surface area contributed by atoms with Gasteiger partial charge in [0, 0.05) is 5.92 Å². The number of carbonyl (C=O) groups is 2. The monoisotopic (exact) mass is 229 g/mol. The number of carboxylic acid groups (broad SMARTS) is 1. The van der Waals surface area contributed by atoms with Gasteiger partial charge in [0.25, 0.3) is 0 Å². The maximum absolute atomic E-state index is 11.8. The zero-order valence-electron chi connectivity index (χ0n) is 10.5. The average molecular weight is 229 g/mol. The lowest BCUT2D eigenvalue weighted by atomic mass is 9.98. The summed E-state index contributed by atoms with van der Waals surface area (Å²) in [6.45, 7) is 5.80. The number of rotatable bonds is 8. The van der Waals surface area contributed by atoms with Crippen LogP contribution in [0.2, 0.25) is 0 Å². The summed E-state index contributed by atoms with van der Waals surface area (Å²) in [7, 11) is 0. The maximum Gasteiger partial charge on any atom is 0.326 e. The van der Waals surface area contributed by atoms with Gasteiger partial charge in [-0.2, -0.15) is 0 Å². The maximum atomic E-state index is 11.8. The Hall–Kier alpha value is -1.06. The molecule has 0 radical (unpaired) electrons. The quantitative estimate of drug-likeness (QED) is 0.670. The zero-order valence-corrected chi connectivity index (χ0v) is 10.5. The molecule has 0 aliphatic rings. The van der Waals surface area contributed by atoms with Gasteiger partial charge in [0.2, 0.25) is 5.91 Å². The van der Waals surface area contributed by atoms with E-state index in [2.05, 4.69) is 12.2 Å². The van der Waals surface area contributed by atoms with E-state index in [0.29, 0.717) is 6.42 Å². The van der Waals surface area contributed by atoms with Crippen molar-refractivity contribution < 1.29 is 14.7 Å². The summed E-state index contributed by atoms with van der Waals surface area (Å²) in [5.41, 5.74) is 0. The first-order valence-corrected chi connectivity index (χ1v) is 6.09. The van der Waals surface area contributed by atoms with Crippen molar-refractivity contribution in [2.75, 3.05) is 0 Å². The van der Waals surface area contributed by atoms with Crippen LogP contribution in [0, 0.1) is 5.92 Å². The highest BCUT2D eigenvalue weighted by atomic mass is 16.4. The second-order valence-corrected chi connectivity index (χ2v) is 4.06. The molecule has 0 heterocycles. The van der Waals surface area contributed by atoms with Crippen LogP contribution in [0.5, 0.6) is 0 Å². The summed E-state index contributed by atoms with van der Waals surface area (Å²) >= 11 is 0. The van der Waals surface area contributed by atoms with Crippen molar-refractivity contribution in [3.05, 3.63) is 0 Å². The van der Waals surface area contributed by atoms with E-state index >= 15 is 0 Å². The van der Waals surface area contributed by atoms with Crippen LogP contribution in [0.15, 0.2) is 0 Å². The van der Waals surface area contributed by atoms with Crippen molar-refractivity contribution in [1.82, 2.24) is 5.32 Å². The fraction of sp³-hybridized carbons (Fsp3) is 0.833. The lowest BCUT2D eigenvalue weighted by Crippen LogP contribution is -2.43. The Morgan fingerprint density at radius 1 is 1.19 bits per heavy atom. The molecule has 0 aromatic carbocycles. The van der Waals surface area contributed by atoms with E-state index in [-0.39, 0.29) is 11.8 Å². The molecule has 0 fully saturated rings. The number of amides is 1. The molecule has 4 nitrogen and oxygen atoms in total. The molecule has 0 spiro atoms. The van der Waals surface area contributed by atoms with E-state index in [0.717, 1.165) is 25.7 Å². The fourth-order valence-electron chi connectivity index (χ4n) is 1.60. The Kier molecular flexibility index (Phi) is 7.60. The Morgan fingerprint density at radius 3 is 2.19 bits per heavy atom. The van der Waals surface area contributed by atoms with Gasteiger partial charge in [-0.25, -0.2) is 4.79 Å². The Morgan fingerprint density at radius 2 is 1.81 bits per heavy atom. The summed E-state index contributed by atoms with van der Waals surface area (Å²) in [5.74, 6) is -1.13. The second-order valence-electron chi connectivity index (χ2n) is 4.06. The average Bonchev–Trinajstić information content (AvgIpc) is 2.26. The molecule has 2 N–H and O–H groups in total. The van der Waals surface area contributed by atoms with Crippen LogP contribution in [0.1, 0.15) is 52.9 Å². The third-order valence-electron chi connectivity index (χ3n) is 2.79. The topological polar surface area (TPSA) is 66.4 Å². The zero-order chi connectivity index (χ0) is 12.6. The molecule has 0 aromatic rings. The molecule has 0 saturated carbocycles. The summed E-state index contributed by atoms with van der Waals surface area (Å²) < 4.78 is 0. The van der Waals surface area contributed by atoms with Gasteiger partial charge in [0.05, 0.1) is 0 Å². The first-order chi connectivity index (χ1) is 7.56. The first kappa shape index (κ1) is 14.9. The smallest absolute Gasteiger partial charge is 0.326 e. The van der Waals surface area contributed by atoms with Crippen molar-refractivity contribution in [3.63, 3.8) is 0 Å². The van der Waals surface area contributed by atoms with Crippen LogP contribution >= 0.6 is 0 Å². The SMILES string of the molecule is CCCC[C@@H](CC)C(=O)N[C@@H](CC)C(=O)O. The van der Waals surface area contributed by atoms with E-state index in [9.17, 15) is 9.59 Å². The largest absolute Gasteiger partial charge is 0.480 e. The van der Waals surface area contributed by atoms with Gasteiger partial charge in [-0.15, -0.1) is 0 Å². The van der Waals surface area contributed by atoms with Gasteiger partial charge in [0.15, 0.2) is 0 Å². The Labute approximate surface area is 97.4 Å². The van der Waals surface area contributed by atoms with Crippen LogP contribution in [-0.4, -0.2) is 23.0 Å². The van der Waals surface area contributed by atoms with Crippen LogP contribution < -0.4 is 5.32 Å². The molecule has 0 aliphatic heterocycles. The number of carboxylic acids is 1. The van der Waals surface area contributed by atoms with E-state index in [1.54, 1.807) is 6.92 Å². The molecule has 94 valence electrons. The molecule has 0 aliphatic carbocycles. The van der Waals surface area contributed by atoms with Crippen molar-refractivity contribution in [2.24, 2.45) is 5.92 Å². The number of aliphatic carboxylic acids is 1. The Bertz CT molecular complexity index is 228. The Balaban J connectivity index is 4.23. The van der Waals surface area contributed by atoms with E-state index < -0.39 is 12.0 Å². The van der Waals surface area contributed by atoms with E-state index in [4.69, 9.17) is 5.11 Å². The number of nitrogens with one attached hydrogen (secondary N) is 1. The molecule has 0 aromatic heterocycles. The first-order valence-electron chi connectivity index (χ1n) is 6.09. The minimum absolute atomic E-state index is 0.0478. The molecule has 1 amide bonds. The normalized spacial score (nSPS) is 14.2. The molecule has 0 bridgehead atoms. The molecule has 16 heavy (non-hydrogen) atoms. The van der Waals surface area contributed by atoms with Gasteiger partial charge in [-0.3, -0.25) is 4.79 Å². The molecular formula is C12H23NO3. The molecule has 4 heteroatoms. The number of hydrogen-bond donors (Lipinski definition) is 2. The highest BCUT2D eigenvalue weighted by Crippen LogP contribution is 2.13. The summed E-state index contributed by atoms with van der Waals surface area (Å²) in [5, 5.41) is 11.4. The van der Waals surface area contributed by atoms with Gasteiger partial charge < -0.3 is 10.4 Å².